The molecule has 4 aromatic carbocycles. The van der Waals surface area contributed by atoms with Crippen molar-refractivity contribution < 1.29 is 24.9 Å². The van der Waals surface area contributed by atoms with Crippen LogP contribution in [-0.4, -0.2) is 45.3 Å². The monoisotopic (exact) mass is 524 g/mol. The summed E-state index contributed by atoms with van der Waals surface area (Å²) in [5.41, 5.74) is 2.49. The number of aromatic hydroxyl groups is 2. The molecule has 7 nitrogen and oxygen atoms in total. The minimum absolute atomic E-state index is 0.0140. The van der Waals surface area contributed by atoms with E-state index in [0.717, 1.165) is 11.1 Å². The van der Waals surface area contributed by atoms with Gasteiger partial charge in [-0.15, -0.1) is 0 Å². The highest BCUT2D eigenvalue weighted by Gasteiger charge is 2.27. The van der Waals surface area contributed by atoms with Gasteiger partial charge in [-0.2, -0.15) is 0 Å². The first kappa shape index (κ1) is 27.4. The van der Waals surface area contributed by atoms with Crippen molar-refractivity contribution in [2.75, 3.05) is 0 Å². The van der Waals surface area contributed by atoms with Crippen molar-refractivity contribution in [3.8, 4) is 11.5 Å². The SMILES string of the molecule is O=C(N[C@H](Cc1ccccc1)C[C@H](O)[C@H](Cc1ccccc1)NC(=O)c1cccc(O)c1)c1cccc(O)c1. The Balaban J connectivity index is 1.55. The lowest BCUT2D eigenvalue weighted by Crippen LogP contribution is -2.48. The molecule has 0 aromatic heterocycles. The fourth-order valence-corrected chi connectivity index (χ4v) is 4.51. The van der Waals surface area contributed by atoms with E-state index in [9.17, 15) is 24.9 Å². The average Bonchev–Trinajstić information content (AvgIpc) is 2.93. The van der Waals surface area contributed by atoms with Crippen LogP contribution in [0, 0.1) is 0 Å². The lowest BCUT2D eigenvalue weighted by Gasteiger charge is -2.28. The number of carbonyl (C=O) groups is 2. The van der Waals surface area contributed by atoms with Crippen molar-refractivity contribution in [1.29, 1.82) is 0 Å². The normalized spacial score (nSPS) is 13.2. The number of amides is 2. The van der Waals surface area contributed by atoms with Gasteiger partial charge < -0.3 is 26.0 Å². The van der Waals surface area contributed by atoms with Crippen LogP contribution in [-0.2, 0) is 12.8 Å². The lowest BCUT2D eigenvalue weighted by molar-refractivity contribution is 0.0755. The van der Waals surface area contributed by atoms with Gasteiger partial charge >= 0.3 is 0 Å². The van der Waals surface area contributed by atoms with Crippen LogP contribution < -0.4 is 10.6 Å². The number of benzene rings is 4. The molecule has 0 saturated carbocycles. The minimum atomic E-state index is -1.01. The van der Waals surface area contributed by atoms with Gasteiger partial charge in [0.1, 0.15) is 11.5 Å². The molecule has 0 saturated heterocycles. The highest BCUT2D eigenvalue weighted by Crippen LogP contribution is 2.17. The molecular weight excluding hydrogens is 492 g/mol. The quantitative estimate of drug-likeness (QED) is 0.201. The summed E-state index contributed by atoms with van der Waals surface area (Å²) >= 11 is 0. The molecule has 0 fully saturated rings. The van der Waals surface area contributed by atoms with Crippen molar-refractivity contribution in [1.82, 2.24) is 10.6 Å². The molecule has 0 heterocycles. The fraction of sp³-hybridized carbons (Fsp3) is 0.188. The molecule has 4 rings (SSSR count). The molecule has 0 bridgehead atoms. The summed E-state index contributed by atoms with van der Waals surface area (Å²) in [5, 5.41) is 37.0. The van der Waals surface area contributed by atoms with Gasteiger partial charge in [-0.3, -0.25) is 9.59 Å². The standard InChI is InChI=1S/C32H32N2O5/c35-27-15-7-13-24(19-27)31(38)33-26(17-22-9-3-1-4-10-22)21-30(37)29(18-23-11-5-2-6-12-23)34-32(39)25-14-8-16-28(36)20-25/h1-16,19-20,26,29-30,35-37H,17-18,21H2,(H,33,38)(H,34,39)/t26-,29+,30+/m1/s1. The van der Waals surface area contributed by atoms with Crippen LogP contribution in [0.3, 0.4) is 0 Å². The molecule has 39 heavy (non-hydrogen) atoms. The molecule has 0 spiro atoms. The van der Waals surface area contributed by atoms with E-state index in [4.69, 9.17) is 0 Å². The summed E-state index contributed by atoms with van der Waals surface area (Å²) in [4.78, 5) is 26.1. The van der Waals surface area contributed by atoms with Gasteiger partial charge in [0.25, 0.3) is 11.8 Å². The number of rotatable bonds is 11. The second kappa shape index (κ2) is 13.3. The third-order valence-corrected chi connectivity index (χ3v) is 6.48. The molecule has 0 unspecified atom stereocenters. The second-order valence-electron chi connectivity index (χ2n) is 9.53. The van der Waals surface area contributed by atoms with Crippen LogP contribution in [0.4, 0.5) is 0 Å². The number of carbonyl (C=O) groups excluding carboxylic acids is 2. The zero-order chi connectivity index (χ0) is 27.6. The summed E-state index contributed by atoms with van der Waals surface area (Å²) in [6.45, 7) is 0. The highest BCUT2D eigenvalue weighted by molar-refractivity contribution is 5.95. The minimum Gasteiger partial charge on any atom is -0.508 e. The molecule has 3 atom stereocenters. The van der Waals surface area contributed by atoms with E-state index >= 15 is 0 Å². The van der Waals surface area contributed by atoms with Gasteiger partial charge in [-0.1, -0.05) is 72.8 Å². The maximum absolute atomic E-state index is 13.0. The van der Waals surface area contributed by atoms with Gasteiger partial charge in [-0.05, 0) is 66.8 Å². The Morgan fingerprint density at radius 2 is 1.10 bits per heavy atom. The number of aliphatic hydroxyl groups excluding tert-OH is 1. The Labute approximate surface area is 227 Å². The predicted octanol–water partition coefficient (Wildman–Crippen LogP) is 4.23. The first-order valence-electron chi connectivity index (χ1n) is 12.8. The maximum Gasteiger partial charge on any atom is 0.251 e. The van der Waals surface area contributed by atoms with E-state index in [-0.39, 0.29) is 29.4 Å². The summed E-state index contributed by atoms with van der Waals surface area (Å²) in [6.07, 6.45) is -0.0201. The highest BCUT2D eigenvalue weighted by atomic mass is 16.3. The molecule has 7 heteroatoms. The van der Waals surface area contributed by atoms with Gasteiger partial charge in [-0.25, -0.2) is 0 Å². The van der Waals surface area contributed by atoms with Gasteiger partial charge in [0.2, 0.25) is 0 Å². The smallest absolute Gasteiger partial charge is 0.251 e. The van der Waals surface area contributed by atoms with Crippen LogP contribution in [0.5, 0.6) is 11.5 Å². The lowest BCUT2D eigenvalue weighted by atomic mass is 9.93. The van der Waals surface area contributed by atoms with Crippen molar-refractivity contribution in [3.63, 3.8) is 0 Å². The molecule has 2 amide bonds. The van der Waals surface area contributed by atoms with E-state index in [1.54, 1.807) is 24.3 Å². The summed E-state index contributed by atoms with van der Waals surface area (Å²) < 4.78 is 0. The molecule has 200 valence electrons. The largest absolute Gasteiger partial charge is 0.508 e. The second-order valence-corrected chi connectivity index (χ2v) is 9.53. The Bertz CT molecular complexity index is 1380. The van der Waals surface area contributed by atoms with Crippen molar-refractivity contribution in [2.45, 2.75) is 37.5 Å². The molecule has 0 aliphatic carbocycles. The van der Waals surface area contributed by atoms with Crippen LogP contribution in [0.2, 0.25) is 0 Å². The van der Waals surface area contributed by atoms with Crippen LogP contribution >= 0.6 is 0 Å². The average molecular weight is 525 g/mol. The first-order chi connectivity index (χ1) is 18.9. The van der Waals surface area contributed by atoms with E-state index < -0.39 is 24.1 Å². The molecule has 0 aliphatic rings. The Morgan fingerprint density at radius 3 is 1.62 bits per heavy atom. The fourth-order valence-electron chi connectivity index (χ4n) is 4.51. The van der Waals surface area contributed by atoms with E-state index in [0.29, 0.717) is 18.4 Å². The number of phenols is 2. The first-order valence-corrected chi connectivity index (χ1v) is 12.8. The van der Waals surface area contributed by atoms with Gasteiger partial charge in [0.05, 0.1) is 12.1 Å². The Morgan fingerprint density at radius 1 is 0.615 bits per heavy atom. The topological polar surface area (TPSA) is 119 Å². The molecule has 0 radical (unpaired) electrons. The predicted molar refractivity (Wildman–Crippen MR) is 150 cm³/mol. The van der Waals surface area contributed by atoms with Crippen LogP contribution in [0.25, 0.3) is 0 Å². The zero-order valence-corrected chi connectivity index (χ0v) is 21.4. The summed E-state index contributed by atoms with van der Waals surface area (Å²) in [7, 11) is 0. The Kier molecular flexibility index (Phi) is 9.32. The van der Waals surface area contributed by atoms with Crippen molar-refractivity contribution in [3.05, 3.63) is 131 Å². The number of nitrogens with one attached hydrogen (secondary N) is 2. The maximum atomic E-state index is 13.0. The van der Waals surface area contributed by atoms with Crippen LogP contribution in [0.1, 0.15) is 38.3 Å². The number of aliphatic hydroxyl groups is 1. The van der Waals surface area contributed by atoms with Crippen LogP contribution in [0.15, 0.2) is 109 Å². The number of hydrogen-bond donors (Lipinski definition) is 5. The molecule has 4 aromatic rings. The van der Waals surface area contributed by atoms with E-state index in [1.165, 1.54) is 24.3 Å². The Hall–Kier alpha value is -4.62. The van der Waals surface area contributed by atoms with Gasteiger partial charge in [0.15, 0.2) is 0 Å². The molecule has 5 N–H and O–H groups in total. The van der Waals surface area contributed by atoms with E-state index in [2.05, 4.69) is 10.6 Å². The third kappa shape index (κ3) is 8.18. The van der Waals surface area contributed by atoms with Crippen molar-refractivity contribution in [2.24, 2.45) is 0 Å². The van der Waals surface area contributed by atoms with Crippen molar-refractivity contribution >= 4 is 11.8 Å². The number of hydrogen-bond acceptors (Lipinski definition) is 5. The third-order valence-electron chi connectivity index (χ3n) is 6.48. The summed E-state index contributed by atoms with van der Waals surface area (Å²) in [5.74, 6) is -0.836. The number of phenolic OH excluding ortho intramolecular Hbond substituents is 2. The van der Waals surface area contributed by atoms with Gasteiger partial charge in [0, 0.05) is 17.2 Å². The zero-order valence-electron chi connectivity index (χ0n) is 21.4. The van der Waals surface area contributed by atoms with E-state index in [1.807, 2.05) is 60.7 Å². The summed E-state index contributed by atoms with van der Waals surface area (Å²) in [6, 6.07) is 30.1. The molecule has 0 aliphatic heterocycles. The molecular formula is C32H32N2O5.